The van der Waals surface area contributed by atoms with Gasteiger partial charge < -0.3 is 11.1 Å². The molecule has 2 heterocycles. The molecule has 2 rings (SSSR count). The highest BCUT2D eigenvalue weighted by Gasteiger charge is 2.10. The maximum Gasteiger partial charge on any atom is 0.256 e. The molecule has 6 nitrogen and oxygen atoms in total. The highest BCUT2D eigenvalue weighted by molar-refractivity contribution is 5.98. The topological polar surface area (TPSA) is 96.7 Å². The Hall–Kier alpha value is -2.37. The van der Waals surface area contributed by atoms with E-state index in [-0.39, 0.29) is 11.7 Å². The first-order valence-corrected chi connectivity index (χ1v) is 5.24. The fourth-order valence-corrected chi connectivity index (χ4v) is 1.42. The summed E-state index contributed by atoms with van der Waals surface area (Å²) in [7, 11) is 0. The summed E-state index contributed by atoms with van der Waals surface area (Å²) in [5, 5.41) is 8.95. The minimum absolute atomic E-state index is 0.229. The average molecular weight is 231 g/mol. The number of rotatable bonds is 4. The number of amides is 1. The molecule has 88 valence electrons. The summed E-state index contributed by atoms with van der Waals surface area (Å²) in [5.74, 6) is 0.0486. The Labute approximate surface area is 98.3 Å². The zero-order chi connectivity index (χ0) is 12.1. The maximum atomic E-state index is 11.6. The second kappa shape index (κ2) is 5.11. The quantitative estimate of drug-likeness (QED) is 0.707. The standard InChI is InChI=1S/C11H13N5O/c12-10-9(7-15-16-10)11(17)14-6-4-8-3-1-2-5-13-8/h1-3,5,7H,4,6H2,(H,14,17)(H3,12,15,16). The fraction of sp³-hybridized carbons (Fsp3) is 0.182. The first-order valence-electron chi connectivity index (χ1n) is 5.24. The summed E-state index contributed by atoms with van der Waals surface area (Å²) in [6.45, 7) is 0.514. The third kappa shape index (κ3) is 2.81. The van der Waals surface area contributed by atoms with Crippen LogP contribution in [0.2, 0.25) is 0 Å². The number of aromatic nitrogens is 3. The predicted molar refractivity (Wildman–Crippen MR) is 63.3 cm³/mol. The number of nitrogens with two attached hydrogens (primary N) is 1. The lowest BCUT2D eigenvalue weighted by Gasteiger charge is -2.03. The highest BCUT2D eigenvalue weighted by atomic mass is 16.1. The van der Waals surface area contributed by atoms with Crippen molar-refractivity contribution in [3.8, 4) is 0 Å². The minimum Gasteiger partial charge on any atom is -0.383 e. The predicted octanol–water partition coefficient (Wildman–Crippen LogP) is 0.359. The van der Waals surface area contributed by atoms with Gasteiger partial charge in [-0.15, -0.1) is 0 Å². The molecule has 2 aromatic heterocycles. The molecule has 0 unspecified atom stereocenters. The Bertz CT molecular complexity index is 494. The van der Waals surface area contributed by atoms with Crippen LogP contribution in [0.15, 0.2) is 30.6 Å². The number of carbonyl (C=O) groups excluding carboxylic acids is 1. The summed E-state index contributed by atoms with van der Waals surface area (Å²) in [5.41, 5.74) is 6.84. The highest BCUT2D eigenvalue weighted by Crippen LogP contribution is 2.04. The molecule has 0 aliphatic rings. The van der Waals surface area contributed by atoms with Crippen molar-refractivity contribution >= 4 is 11.7 Å². The molecule has 2 aromatic rings. The zero-order valence-electron chi connectivity index (χ0n) is 9.18. The first-order chi connectivity index (χ1) is 8.27. The molecular formula is C11H13N5O. The van der Waals surface area contributed by atoms with Crippen molar-refractivity contribution in [2.45, 2.75) is 6.42 Å². The van der Waals surface area contributed by atoms with E-state index >= 15 is 0 Å². The number of pyridine rings is 1. The van der Waals surface area contributed by atoms with Gasteiger partial charge in [-0.3, -0.25) is 14.9 Å². The van der Waals surface area contributed by atoms with Gasteiger partial charge in [-0.25, -0.2) is 0 Å². The van der Waals surface area contributed by atoms with E-state index in [4.69, 9.17) is 5.73 Å². The van der Waals surface area contributed by atoms with Crippen LogP contribution in [0.25, 0.3) is 0 Å². The number of nitrogens with one attached hydrogen (secondary N) is 2. The third-order valence-corrected chi connectivity index (χ3v) is 2.31. The number of aromatic amines is 1. The van der Waals surface area contributed by atoms with Crippen LogP contribution < -0.4 is 11.1 Å². The normalized spacial score (nSPS) is 10.1. The van der Waals surface area contributed by atoms with Crippen molar-refractivity contribution < 1.29 is 4.79 Å². The molecule has 17 heavy (non-hydrogen) atoms. The van der Waals surface area contributed by atoms with Gasteiger partial charge in [-0.05, 0) is 12.1 Å². The van der Waals surface area contributed by atoms with Gasteiger partial charge in [0.25, 0.3) is 5.91 Å². The molecule has 1 amide bonds. The van der Waals surface area contributed by atoms with Crippen LogP contribution in [0, 0.1) is 0 Å². The SMILES string of the molecule is Nc1[nH]ncc1C(=O)NCCc1ccccn1. The molecule has 0 saturated carbocycles. The number of hydrogen-bond acceptors (Lipinski definition) is 4. The van der Waals surface area contributed by atoms with Crippen molar-refractivity contribution in [2.75, 3.05) is 12.3 Å². The summed E-state index contributed by atoms with van der Waals surface area (Å²) in [6, 6.07) is 5.69. The van der Waals surface area contributed by atoms with Crippen LogP contribution >= 0.6 is 0 Å². The van der Waals surface area contributed by atoms with Gasteiger partial charge in [0, 0.05) is 24.9 Å². The number of nitrogens with zero attached hydrogens (tertiary/aromatic N) is 2. The van der Waals surface area contributed by atoms with Crippen molar-refractivity contribution in [2.24, 2.45) is 0 Å². The second-order valence-corrected chi connectivity index (χ2v) is 3.52. The Morgan fingerprint density at radius 2 is 2.35 bits per heavy atom. The van der Waals surface area contributed by atoms with Crippen molar-refractivity contribution in [3.05, 3.63) is 41.9 Å². The van der Waals surface area contributed by atoms with E-state index < -0.39 is 0 Å². The Morgan fingerprint density at radius 1 is 1.47 bits per heavy atom. The van der Waals surface area contributed by atoms with Crippen LogP contribution in [0.1, 0.15) is 16.1 Å². The Kier molecular flexibility index (Phi) is 3.34. The molecule has 0 radical (unpaired) electrons. The maximum absolute atomic E-state index is 11.6. The molecule has 6 heteroatoms. The second-order valence-electron chi connectivity index (χ2n) is 3.52. The lowest BCUT2D eigenvalue weighted by molar-refractivity contribution is 0.0955. The Balaban J connectivity index is 1.84. The largest absolute Gasteiger partial charge is 0.383 e. The molecule has 0 spiro atoms. The molecule has 0 aliphatic carbocycles. The van der Waals surface area contributed by atoms with E-state index in [9.17, 15) is 4.79 Å². The molecule has 4 N–H and O–H groups in total. The summed E-state index contributed by atoms with van der Waals surface area (Å²) >= 11 is 0. The van der Waals surface area contributed by atoms with E-state index in [1.807, 2.05) is 18.2 Å². The lowest BCUT2D eigenvalue weighted by atomic mass is 10.2. The summed E-state index contributed by atoms with van der Waals surface area (Å²) in [4.78, 5) is 15.8. The van der Waals surface area contributed by atoms with Gasteiger partial charge in [-0.2, -0.15) is 5.10 Å². The number of nitrogen functional groups attached to an aromatic ring is 1. The number of anilines is 1. The van der Waals surface area contributed by atoms with Gasteiger partial charge in [0.05, 0.1) is 6.20 Å². The smallest absolute Gasteiger partial charge is 0.256 e. The van der Waals surface area contributed by atoms with Gasteiger partial charge >= 0.3 is 0 Å². The minimum atomic E-state index is -0.229. The molecule has 0 atom stereocenters. The number of carbonyl (C=O) groups is 1. The molecule has 0 aromatic carbocycles. The van der Waals surface area contributed by atoms with Gasteiger partial charge in [-0.1, -0.05) is 6.07 Å². The van der Waals surface area contributed by atoms with Crippen molar-refractivity contribution in [1.29, 1.82) is 0 Å². The molecule has 0 aliphatic heterocycles. The molecule has 0 fully saturated rings. The van der Waals surface area contributed by atoms with Crippen LogP contribution in [0.5, 0.6) is 0 Å². The monoisotopic (exact) mass is 231 g/mol. The summed E-state index contributed by atoms with van der Waals surface area (Å²) in [6.07, 6.45) is 3.82. The summed E-state index contributed by atoms with van der Waals surface area (Å²) < 4.78 is 0. The van der Waals surface area contributed by atoms with Gasteiger partial charge in [0.1, 0.15) is 11.4 Å². The van der Waals surface area contributed by atoms with E-state index in [2.05, 4.69) is 20.5 Å². The first kappa shape index (κ1) is 11.1. The lowest BCUT2D eigenvalue weighted by Crippen LogP contribution is -2.26. The average Bonchev–Trinajstić information content (AvgIpc) is 2.77. The van der Waals surface area contributed by atoms with E-state index in [0.29, 0.717) is 18.5 Å². The van der Waals surface area contributed by atoms with E-state index in [1.165, 1.54) is 6.20 Å². The van der Waals surface area contributed by atoms with Crippen molar-refractivity contribution in [1.82, 2.24) is 20.5 Å². The molecule has 0 saturated heterocycles. The number of hydrogen-bond donors (Lipinski definition) is 3. The fourth-order valence-electron chi connectivity index (χ4n) is 1.42. The third-order valence-electron chi connectivity index (χ3n) is 2.31. The zero-order valence-corrected chi connectivity index (χ0v) is 9.18. The van der Waals surface area contributed by atoms with E-state index in [1.54, 1.807) is 6.20 Å². The molecule has 0 bridgehead atoms. The van der Waals surface area contributed by atoms with Crippen molar-refractivity contribution in [3.63, 3.8) is 0 Å². The van der Waals surface area contributed by atoms with Gasteiger partial charge in [0.2, 0.25) is 0 Å². The van der Waals surface area contributed by atoms with Crippen LogP contribution in [0.4, 0.5) is 5.82 Å². The Morgan fingerprint density at radius 3 is 3.00 bits per heavy atom. The molecular weight excluding hydrogens is 218 g/mol. The van der Waals surface area contributed by atoms with Crippen LogP contribution in [-0.4, -0.2) is 27.6 Å². The van der Waals surface area contributed by atoms with Gasteiger partial charge in [0.15, 0.2) is 0 Å². The number of H-pyrrole nitrogens is 1. The van der Waals surface area contributed by atoms with Crippen LogP contribution in [0.3, 0.4) is 0 Å². The van der Waals surface area contributed by atoms with E-state index in [0.717, 1.165) is 5.69 Å². The van der Waals surface area contributed by atoms with Crippen LogP contribution in [-0.2, 0) is 6.42 Å².